The Balaban J connectivity index is 1.93. The van der Waals surface area contributed by atoms with Crippen LogP contribution in [0.5, 0.6) is 0 Å². The van der Waals surface area contributed by atoms with Crippen LogP contribution in [-0.2, 0) is 16.1 Å². The van der Waals surface area contributed by atoms with Gasteiger partial charge in [0.1, 0.15) is 12.3 Å². The third-order valence-electron chi connectivity index (χ3n) is 4.99. The van der Waals surface area contributed by atoms with Crippen LogP contribution in [0.25, 0.3) is 11.3 Å². The number of hydrogen-bond donors (Lipinski definition) is 0. The SMILES string of the molecule is COCC(=O)N(CCN(C)C)Cc1c(-c2ccccc2)noc1N1CCCC1. The summed E-state index contributed by atoms with van der Waals surface area (Å²) in [6, 6.07) is 10.0. The van der Waals surface area contributed by atoms with Crippen LogP contribution in [0.4, 0.5) is 5.88 Å². The number of rotatable bonds is 9. The molecule has 7 nitrogen and oxygen atoms in total. The van der Waals surface area contributed by atoms with Gasteiger partial charge in [0.25, 0.3) is 0 Å². The number of nitrogens with zero attached hydrogens (tertiary/aromatic N) is 4. The van der Waals surface area contributed by atoms with Gasteiger partial charge in [-0.3, -0.25) is 4.79 Å². The Morgan fingerprint density at radius 2 is 1.89 bits per heavy atom. The number of carbonyl (C=O) groups is 1. The van der Waals surface area contributed by atoms with E-state index in [0.29, 0.717) is 13.1 Å². The van der Waals surface area contributed by atoms with E-state index in [1.807, 2.05) is 49.3 Å². The summed E-state index contributed by atoms with van der Waals surface area (Å²) in [5.41, 5.74) is 2.78. The molecule has 0 aliphatic carbocycles. The van der Waals surface area contributed by atoms with Gasteiger partial charge in [-0.15, -0.1) is 0 Å². The average molecular weight is 386 g/mol. The molecule has 152 valence electrons. The second-order valence-corrected chi connectivity index (χ2v) is 7.43. The van der Waals surface area contributed by atoms with Crippen molar-refractivity contribution in [3.05, 3.63) is 35.9 Å². The van der Waals surface area contributed by atoms with Crippen LogP contribution in [-0.4, -0.2) is 74.9 Å². The van der Waals surface area contributed by atoms with Crippen LogP contribution in [0.3, 0.4) is 0 Å². The largest absolute Gasteiger partial charge is 0.375 e. The maximum atomic E-state index is 12.7. The number of methoxy groups -OCH3 is 1. The van der Waals surface area contributed by atoms with Crippen LogP contribution in [0, 0.1) is 0 Å². The number of amides is 1. The van der Waals surface area contributed by atoms with Gasteiger partial charge in [-0.05, 0) is 26.9 Å². The van der Waals surface area contributed by atoms with E-state index in [1.54, 1.807) is 7.11 Å². The first-order valence-corrected chi connectivity index (χ1v) is 9.80. The Labute approximate surface area is 166 Å². The third-order valence-corrected chi connectivity index (χ3v) is 4.99. The van der Waals surface area contributed by atoms with Gasteiger partial charge in [-0.25, -0.2) is 0 Å². The smallest absolute Gasteiger partial charge is 0.248 e. The molecule has 1 aromatic heterocycles. The minimum absolute atomic E-state index is 0.0306. The fraction of sp³-hybridized carbons (Fsp3) is 0.524. The van der Waals surface area contributed by atoms with Crippen LogP contribution in [0.2, 0.25) is 0 Å². The lowest BCUT2D eigenvalue weighted by Gasteiger charge is -2.25. The molecule has 1 amide bonds. The molecular formula is C21H30N4O3. The lowest BCUT2D eigenvalue weighted by molar-refractivity contribution is -0.135. The number of anilines is 1. The highest BCUT2D eigenvalue weighted by molar-refractivity contribution is 5.78. The first kappa shape index (κ1) is 20.4. The quantitative estimate of drug-likeness (QED) is 0.660. The van der Waals surface area contributed by atoms with Gasteiger partial charge in [-0.1, -0.05) is 35.5 Å². The van der Waals surface area contributed by atoms with Crippen molar-refractivity contribution < 1.29 is 14.1 Å². The lowest BCUT2D eigenvalue weighted by Crippen LogP contribution is -2.38. The van der Waals surface area contributed by atoms with E-state index in [4.69, 9.17) is 9.26 Å². The summed E-state index contributed by atoms with van der Waals surface area (Å²) in [5.74, 6) is 0.758. The van der Waals surface area contributed by atoms with Crippen molar-refractivity contribution in [2.24, 2.45) is 0 Å². The van der Waals surface area contributed by atoms with Gasteiger partial charge in [0.15, 0.2) is 0 Å². The fourth-order valence-electron chi connectivity index (χ4n) is 3.45. The maximum Gasteiger partial charge on any atom is 0.248 e. The minimum atomic E-state index is -0.0306. The fourth-order valence-corrected chi connectivity index (χ4v) is 3.45. The highest BCUT2D eigenvalue weighted by Gasteiger charge is 2.27. The van der Waals surface area contributed by atoms with Crippen LogP contribution in [0.1, 0.15) is 18.4 Å². The number of aromatic nitrogens is 1. The molecular weight excluding hydrogens is 356 g/mol. The van der Waals surface area contributed by atoms with E-state index < -0.39 is 0 Å². The summed E-state index contributed by atoms with van der Waals surface area (Å²) < 4.78 is 10.9. The van der Waals surface area contributed by atoms with Crippen LogP contribution in [0.15, 0.2) is 34.9 Å². The van der Waals surface area contributed by atoms with Crippen molar-refractivity contribution in [2.45, 2.75) is 19.4 Å². The number of benzene rings is 1. The van der Waals surface area contributed by atoms with E-state index >= 15 is 0 Å². The summed E-state index contributed by atoms with van der Waals surface area (Å²) in [6.45, 7) is 3.84. The van der Waals surface area contributed by atoms with Gasteiger partial charge in [0.2, 0.25) is 11.8 Å². The molecule has 0 bridgehead atoms. The molecule has 0 radical (unpaired) electrons. The molecule has 1 aromatic carbocycles. The molecule has 0 atom stereocenters. The van der Waals surface area contributed by atoms with Crippen molar-refractivity contribution >= 4 is 11.8 Å². The molecule has 0 unspecified atom stereocenters. The second-order valence-electron chi connectivity index (χ2n) is 7.43. The maximum absolute atomic E-state index is 12.7. The van der Waals surface area contributed by atoms with E-state index in [9.17, 15) is 4.79 Å². The Kier molecular flexibility index (Phi) is 7.06. The summed E-state index contributed by atoms with van der Waals surface area (Å²) in [7, 11) is 5.55. The molecule has 2 aromatic rings. The van der Waals surface area contributed by atoms with Crippen molar-refractivity contribution in [3.8, 4) is 11.3 Å². The molecule has 7 heteroatoms. The van der Waals surface area contributed by atoms with Gasteiger partial charge < -0.3 is 24.0 Å². The van der Waals surface area contributed by atoms with Gasteiger partial charge in [-0.2, -0.15) is 0 Å². The summed E-state index contributed by atoms with van der Waals surface area (Å²) in [5, 5.41) is 4.39. The van der Waals surface area contributed by atoms with E-state index in [2.05, 4.69) is 15.0 Å². The Morgan fingerprint density at radius 3 is 2.54 bits per heavy atom. The zero-order valence-electron chi connectivity index (χ0n) is 17.1. The molecule has 1 aliphatic rings. The van der Waals surface area contributed by atoms with Crippen molar-refractivity contribution in [1.82, 2.24) is 15.0 Å². The normalized spacial score (nSPS) is 14.1. The predicted molar refractivity (Wildman–Crippen MR) is 109 cm³/mol. The monoisotopic (exact) mass is 386 g/mol. The minimum Gasteiger partial charge on any atom is -0.375 e. The van der Waals surface area contributed by atoms with Gasteiger partial charge in [0.05, 0.1) is 12.1 Å². The van der Waals surface area contributed by atoms with Crippen molar-refractivity contribution in [2.75, 3.05) is 58.9 Å². The van der Waals surface area contributed by atoms with Crippen LogP contribution < -0.4 is 4.90 Å². The third kappa shape index (κ3) is 4.91. The highest BCUT2D eigenvalue weighted by Crippen LogP contribution is 2.34. The summed E-state index contributed by atoms with van der Waals surface area (Å²) in [6.07, 6.45) is 2.29. The van der Waals surface area contributed by atoms with Gasteiger partial charge in [0, 0.05) is 38.9 Å². The molecule has 0 N–H and O–H groups in total. The average Bonchev–Trinajstić information content (AvgIpc) is 3.35. The number of ether oxygens (including phenoxy) is 1. The molecule has 0 saturated carbocycles. The molecule has 3 rings (SSSR count). The Hall–Kier alpha value is -2.38. The first-order chi connectivity index (χ1) is 13.6. The molecule has 0 spiro atoms. The standard InChI is InChI=1S/C21H30N4O3/c1-23(2)13-14-25(19(26)16-27-3)15-18-20(17-9-5-4-6-10-17)22-28-21(18)24-11-7-8-12-24/h4-6,9-10H,7-8,11-16H2,1-3H3. The van der Waals surface area contributed by atoms with E-state index in [0.717, 1.165) is 55.2 Å². The molecule has 1 aliphatic heterocycles. The molecule has 2 heterocycles. The predicted octanol–water partition coefficient (Wildman–Crippen LogP) is 2.48. The zero-order chi connectivity index (χ0) is 19.9. The van der Waals surface area contributed by atoms with E-state index in [1.165, 1.54) is 0 Å². The number of carbonyl (C=O) groups excluding carboxylic acids is 1. The topological polar surface area (TPSA) is 62.1 Å². The highest BCUT2D eigenvalue weighted by atomic mass is 16.5. The van der Waals surface area contributed by atoms with Crippen LogP contribution >= 0.6 is 0 Å². The second kappa shape index (κ2) is 9.71. The number of hydrogen-bond acceptors (Lipinski definition) is 6. The Morgan fingerprint density at radius 1 is 1.18 bits per heavy atom. The first-order valence-electron chi connectivity index (χ1n) is 9.80. The number of likely N-dealkylation sites (N-methyl/N-ethyl adjacent to an activating group) is 1. The zero-order valence-corrected chi connectivity index (χ0v) is 17.1. The lowest BCUT2D eigenvalue weighted by atomic mass is 10.1. The van der Waals surface area contributed by atoms with Crippen molar-refractivity contribution in [3.63, 3.8) is 0 Å². The summed E-state index contributed by atoms with van der Waals surface area (Å²) in [4.78, 5) is 18.8. The summed E-state index contributed by atoms with van der Waals surface area (Å²) >= 11 is 0. The Bertz CT molecular complexity index is 754. The molecule has 1 fully saturated rings. The van der Waals surface area contributed by atoms with Crippen molar-refractivity contribution in [1.29, 1.82) is 0 Å². The van der Waals surface area contributed by atoms with Gasteiger partial charge >= 0.3 is 0 Å². The molecule has 1 saturated heterocycles. The van der Waals surface area contributed by atoms with E-state index in [-0.39, 0.29) is 12.5 Å². The molecule has 28 heavy (non-hydrogen) atoms.